The molecule has 0 bridgehead atoms. The maximum Gasteiger partial charge on any atom is 0.291 e. The van der Waals surface area contributed by atoms with Crippen LogP contribution < -0.4 is 5.32 Å². The molecule has 5 nitrogen and oxygen atoms in total. The van der Waals surface area contributed by atoms with Crippen LogP contribution in [0.15, 0.2) is 22.8 Å². The molecule has 2 aromatic heterocycles. The fourth-order valence-corrected chi connectivity index (χ4v) is 5.54. The lowest BCUT2D eigenvalue weighted by Gasteiger charge is -2.34. The van der Waals surface area contributed by atoms with Crippen LogP contribution in [0, 0.1) is 11.3 Å². The topological polar surface area (TPSA) is 62.6 Å². The number of carbonyl (C=O) groups is 2. The number of furan rings is 1. The number of nitrogens with one attached hydrogen (secondary N) is 1. The molecular weight excluding hydrogens is 396 g/mol. The van der Waals surface area contributed by atoms with Gasteiger partial charge in [-0.05, 0) is 61.1 Å². The minimum Gasteiger partial charge on any atom is -0.459 e. The van der Waals surface area contributed by atoms with Crippen molar-refractivity contribution in [3.63, 3.8) is 0 Å². The second-order valence-corrected chi connectivity index (χ2v) is 10.3. The zero-order valence-electron chi connectivity index (χ0n) is 18.8. The number of carbonyl (C=O) groups excluding carboxylic acids is 2. The molecule has 2 amide bonds. The molecule has 30 heavy (non-hydrogen) atoms. The molecule has 0 aliphatic heterocycles. The van der Waals surface area contributed by atoms with Gasteiger partial charge in [-0.2, -0.15) is 0 Å². The monoisotopic (exact) mass is 430 g/mol. The van der Waals surface area contributed by atoms with Gasteiger partial charge in [0.15, 0.2) is 5.76 Å². The minimum atomic E-state index is -0.308. The molecule has 1 N–H and O–H groups in total. The van der Waals surface area contributed by atoms with Crippen LogP contribution in [0.2, 0.25) is 0 Å². The summed E-state index contributed by atoms with van der Waals surface area (Å²) in [6, 6.07) is 3.33. The molecule has 1 atom stereocenters. The fourth-order valence-electron chi connectivity index (χ4n) is 4.22. The summed E-state index contributed by atoms with van der Waals surface area (Å²) in [4.78, 5) is 29.4. The predicted molar refractivity (Wildman–Crippen MR) is 122 cm³/mol. The lowest BCUT2D eigenvalue weighted by atomic mass is 9.72. The summed E-state index contributed by atoms with van der Waals surface area (Å²) in [7, 11) is 0. The number of thiophene rings is 1. The Morgan fingerprint density at radius 1 is 1.23 bits per heavy atom. The average molecular weight is 431 g/mol. The largest absolute Gasteiger partial charge is 0.459 e. The molecule has 2 aromatic rings. The van der Waals surface area contributed by atoms with Gasteiger partial charge >= 0.3 is 0 Å². The van der Waals surface area contributed by atoms with Gasteiger partial charge in [0.1, 0.15) is 5.00 Å². The highest BCUT2D eigenvalue weighted by Gasteiger charge is 2.35. The number of hydrogen-bond acceptors (Lipinski definition) is 4. The Bertz CT molecular complexity index is 871. The number of hydrogen-bond donors (Lipinski definition) is 1. The predicted octanol–water partition coefficient (Wildman–Crippen LogP) is 6.01. The van der Waals surface area contributed by atoms with Crippen LogP contribution in [0.5, 0.6) is 0 Å². The van der Waals surface area contributed by atoms with Crippen molar-refractivity contribution in [3.8, 4) is 0 Å². The molecule has 0 spiro atoms. The highest BCUT2D eigenvalue weighted by atomic mass is 32.1. The normalized spacial score (nSPS) is 16.2. The van der Waals surface area contributed by atoms with E-state index in [1.807, 2.05) is 4.90 Å². The zero-order valence-corrected chi connectivity index (χ0v) is 19.7. The van der Waals surface area contributed by atoms with Crippen LogP contribution in [0.4, 0.5) is 5.00 Å². The average Bonchev–Trinajstić information content (AvgIpc) is 3.34. The Balaban J connectivity index is 1.99. The number of nitrogens with zero attached hydrogens (tertiary/aromatic N) is 1. The molecule has 1 aliphatic carbocycles. The van der Waals surface area contributed by atoms with Crippen LogP contribution in [0.3, 0.4) is 0 Å². The Kier molecular flexibility index (Phi) is 7.06. The van der Waals surface area contributed by atoms with E-state index in [-0.39, 0.29) is 23.0 Å². The summed E-state index contributed by atoms with van der Waals surface area (Å²) in [5, 5.41) is 3.65. The first kappa shape index (κ1) is 22.6. The van der Waals surface area contributed by atoms with Crippen LogP contribution in [0.25, 0.3) is 0 Å². The molecule has 2 heterocycles. The van der Waals surface area contributed by atoms with Gasteiger partial charge in [0.25, 0.3) is 11.8 Å². The van der Waals surface area contributed by atoms with Crippen molar-refractivity contribution >= 4 is 28.2 Å². The summed E-state index contributed by atoms with van der Waals surface area (Å²) < 4.78 is 5.25. The summed E-state index contributed by atoms with van der Waals surface area (Å²) in [6.45, 7) is 12.5. The van der Waals surface area contributed by atoms with Crippen LogP contribution in [-0.2, 0) is 12.8 Å². The summed E-state index contributed by atoms with van der Waals surface area (Å²) >= 11 is 1.57. The molecule has 3 rings (SSSR count). The van der Waals surface area contributed by atoms with Crippen molar-refractivity contribution in [2.45, 2.75) is 66.7 Å². The van der Waals surface area contributed by atoms with E-state index >= 15 is 0 Å². The Morgan fingerprint density at radius 2 is 1.93 bits per heavy atom. The van der Waals surface area contributed by atoms with Gasteiger partial charge in [-0.1, -0.05) is 34.6 Å². The van der Waals surface area contributed by atoms with E-state index in [4.69, 9.17) is 4.42 Å². The van der Waals surface area contributed by atoms with E-state index in [1.165, 1.54) is 11.1 Å². The van der Waals surface area contributed by atoms with Crippen molar-refractivity contribution < 1.29 is 14.0 Å². The van der Waals surface area contributed by atoms with Gasteiger partial charge < -0.3 is 14.6 Å². The van der Waals surface area contributed by atoms with E-state index in [2.05, 4.69) is 39.9 Å². The van der Waals surface area contributed by atoms with Gasteiger partial charge in [-0.25, -0.2) is 0 Å². The van der Waals surface area contributed by atoms with Gasteiger partial charge in [0.2, 0.25) is 0 Å². The first-order valence-electron chi connectivity index (χ1n) is 11.0. The third kappa shape index (κ3) is 4.80. The molecule has 1 aliphatic rings. The third-order valence-electron chi connectivity index (χ3n) is 5.95. The van der Waals surface area contributed by atoms with Crippen molar-refractivity contribution in [1.82, 2.24) is 4.90 Å². The van der Waals surface area contributed by atoms with E-state index in [1.54, 1.807) is 23.5 Å². The number of rotatable bonds is 7. The maximum absolute atomic E-state index is 13.6. The third-order valence-corrected chi connectivity index (χ3v) is 7.12. The lowest BCUT2D eigenvalue weighted by Crippen LogP contribution is -2.34. The Labute approximate surface area is 183 Å². The smallest absolute Gasteiger partial charge is 0.291 e. The SMILES string of the molecule is CCCN(CCC)C(=O)c1c(NC(=O)c2ccco2)sc2c1CCC(C(C)(C)C)C2. The lowest BCUT2D eigenvalue weighted by molar-refractivity contribution is 0.0755. The molecule has 6 heteroatoms. The maximum atomic E-state index is 13.6. The standard InChI is InChI=1S/C24H34N2O3S/c1-6-12-26(13-7-2)23(28)20-17-11-10-16(24(3,4)5)15-19(17)30-22(20)25-21(27)18-9-8-14-29-18/h8-9,14,16H,6-7,10-13,15H2,1-5H3,(H,25,27). The van der Waals surface area contributed by atoms with E-state index < -0.39 is 0 Å². The second kappa shape index (κ2) is 9.38. The van der Waals surface area contributed by atoms with Gasteiger partial charge in [0.05, 0.1) is 11.8 Å². The van der Waals surface area contributed by atoms with Crippen LogP contribution in [0.1, 0.15) is 85.2 Å². The highest BCUT2D eigenvalue weighted by molar-refractivity contribution is 7.17. The van der Waals surface area contributed by atoms with Crippen LogP contribution in [-0.4, -0.2) is 29.8 Å². The van der Waals surface area contributed by atoms with Crippen LogP contribution >= 0.6 is 11.3 Å². The summed E-state index contributed by atoms with van der Waals surface area (Å²) in [6.07, 6.45) is 6.23. The van der Waals surface area contributed by atoms with Crippen molar-refractivity contribution in [1.29, 1.82) is 0 Å². The van der Waals surface area contributed by atoms with Gasteiger partial charge in [-0.15, -0.1) is 11.3 Å². The van der Waals surface area contributed by atoms with Crippen molar-refractivity contribution in [2.24, 2.45) is 11.3 Å². The highest BCUT2D eigenvalue weighted by Crippen LogP contribution is 2.44. The van der Waals surface area contributed by atoms with E-state index in [0.717, 1.165) is 50.8 Å². The molecule has 0 saturated carbocycles. The Morgan fingerprint density at radius 3 is 2.50 bits per heavy atom. The first-order chi connectivity index (χ1) is 14.3. The zero-order chi connectivity index (χ0) is 21.9. The number of amides is 2. The molecular formula is C24H34N2O3S. The molecule has 0 saturated heterocycles. The second-order valence-electron chi connectivity index (χ2n) is 9.24. The van der Waals surface area contributed by atoms with E-state index in [0.29, 0.717) is 16.5 Å². The first-order valence-corrected chi connectivity index (χ1v) is 11.9. The molecule has 0 radical (unpaired) electrons. The van der Waals surface area contributed by atoms with Crippen molar-refractivity contribution in [2.75, 3.05) is 18.4 Å². The fraction of sp³-hybridized carbons (Fsp3) is 0.583. The van der Waals surface area contributed by atoms with Gasteiger partial charge in [0, 0.05) is 18.0 Å². The molecule has 0 fully saturated rings. The molecule has 164 valence electrons. The minimum absolute atomic E-state index is 0.0418. The van der Waals surface area contributed by atoms with E-state index in [9.17, 15) is 9.59 Å². The summed E-state index contributed by atoms with van der Waals surface area (Å²) in [5.41, 5.74) is 2.06. The quantitative estimate of drug-likeness (QED) is 0.585. The number of anilines is 1. The summed E-state index contributed by atoms with van der Waals surface area (Å²) in [5.74, 6) is 0.562. The van der Waals surface area contributed by atoms with Gasteiger partial charge in [-0.3, -0.25) is 9.59 Å². The molecule has 0 aromatic carbocycles. The molecule has 1 unspecified atom stereocenters. The Hall–Kier alpha value is -2.08. The van der Waals surface area contributed by atoms with Crippen molar-refractivity contribution in [3.05, 3.63) is 40.2 Å². The number of fused-ring (bicyclic) bond motifs is 1.